The standard InChI is InChI=1S/C10H12N4O2S3/c1-2-9-13-10(18-14-9)17-8-5-6(19(12,15)16)3-4-7(8)11/h3-5H,2,11H2,1H3,(H2,12,15,16). The fourth-order valence-corrected chi connectivity index (χ4v) is 3.65. The number of sulfonamides is 1. The molecule has 1 heterocycles. The van der Waals surface area contributed by atoms with Crippen LogP contribution in [0.15, 0.2) is 32.3 Å². The lowest BCUT2D eigenvalue weighted by Crippen LogP contribution is -2.12. The minimum atomic E-state index is -3.74. The second kappa shape index (κ2) is 5.45. The number of nitrogens with two attached hydrogens (primary N) is 2. The molecule has 1 aromatic heterocycles. The van der Waals surface area contributed by atoms with Gasteiger partial charge in [-0.2, -0.15) is 4.37 Å². The zero-order valence-electron chi connectivity index (χ0n) is 10.0. The Labute approximate surface area is 119 Å². The van der Waals surface area contributed by atoms with Crippen molar-refractivity contribution in [3.05, 3.63) is 24.0 Å². The smallest absolute Gasteiger partial charge is 0.238 e. The molecule has 0 aliphatic carbocycles. The van der Waals surface area contributed by atoms with Crippen LogP contribution in [0, 0.1) is 0 Å². The third-order valence-electron chi connectivity index (χ3n) is 2.28. The Balaban J connectivity index is 2.34. The molecule has 0 unspecified atom stereocenters. The minimum Gasteiger partial charge on any atom is -0.398 e. The number of aryl methyl sites for hydroxylation is 1. The molecule has 9 heteroatoms. The van der Waals surface area contributed by atoms with Gasteiger partial charge in [0.25, 0.3) is 0 Å². The highest BCUT2D eigenvalue weighted by Crippen LogP contribution is 2.34. The van der Waals surface area contributed by atoms with Gasteiger partial charge in [0.2, 0.25) is 10.0 Å². The fraction of sp³-hybridized carbons (Fsp3) is 0.200. The molecule has 2 aromatic rings. The Morgan fingerprint density at radius 1 is 1.42 bits per heavy atom. The van der Waals surface area contributed by atoms with Crippen molar-refractivity contribution in [2.45, 2.75) is 27.5 Å². The highest BCUT2D eigenvalue weighted by Gasteiger charge is 2.13. The van der Waals surface area contributed by atoms with Gasteiger partial charge in [-0.05, 0) is 29.7 Å². The number of nitrogens with zero attached hydrogens (tertiary/aromatic N) is 2. The van der Waals surface area contributed by atoms with Crippen LogP contribution >= 0.6 is 23.3 Å². The van der Waals surface area contributed by atoms with Crippen LogP contribution in [0.1, 0.15) is 12.7 Å². The van der Waals surface area contributed by atoms with Crippen LogP contribution in [0.3, 0.4) is 0 Å². The predicted molar refractivity (Wildman–Crippen MR) is 75.6 cm³/mol. The summed E-state index contributed by atoms with van der Waals surface area (Å²) >= 11 is 2.54. The van der Waals surface area contributed by atoms with Gasteiger partial charge in [-0.15, -0.1) is 0 Å². The maximum Gasteiger partial charge on any atom is 0.238 e. The van der Waals surface area contributed by atoms with Crippen LogP contribution in [-0.4, -0.2) is 17.8 Å². The first kappa shape index (κ1) is 14.3. The van der Waals surface area contributed by atoms with E-state index >= 15 is 0 Å². The first-order valence-corrected chi connectivity index (χ1v) is 8.46. The number of primary sulfonamides is 1. The number of hydrogen-bond donors (Lipinski definition) is 2. The molecule has 0 bridgehead atoms. The van der Waals surface area contributed by atoms with E-state index in [1.54, 1.807) is 0 Å². The van der Waals surface area contributed by atoms with Crippen molar-refractivity contribution in [3.8, 4) is 0 Å². The zero-order valence-corrected chi connectivity index (χ0v) is 12.5. The topological polar surface area (TPSA) is 112 Å². The van der Waals surface area contributed by atoms with Gasteiger partial charge in [0.05, 0.1) is 4.90 Å². The van der Waals surface area contributed by atoms with E-state index in [4.69, 9.17) is 10.9 Å². The second-order valence-electron chi connectivity index (χ2n) is 3.68. The summed E-state index contributed by atoms with van der Waals surface area (Å²) in [6.07, 6.45) is 0.754. The third-order valence-corrected chi connectivity index (χ3v) is 5.05. The molecule has 0 saturated carbocycles. The van der Waals surface area contributed by atoms with Crippen LogP contribution in [-0.2, 0) is 16.4 Å². The summed E-state index contributed by atoms with van der Waals surface area (Å²) in [4.78, 5) is 4.93. The predicted octanol–water partition coefficient (Wildman–Crippen LogP) is 1.48. The average Bonchev–Trinajstić information content (AvgIpc) is 2.78. The van der Waals surface area contributed by atoms with Crippen LogP contribution in [0.2, 0.25) is 0 Å². The van der Waals surface area contributed by atoms with Crippen molar-refractivity contribution in [1.82, 2.24) is 9.36 Å². The maximum absolute atomic E-state index is 11.3. The van der Waals surface area contributed by atoms with Crippen molar-refractivity contribution < 1.29 is 8.42 Å². The van der Waals surface area contributed by atoms with Crippen molar-refractivity contribution in [1.29, 1.82) is 0 Å². The molecule has 0 saturated heterocycles. The Morgan fingerprint density at radius 2 is 2.16 bits per heavy atom. The molecule has 0 amide bonds. The molecule has 19 heavy (non-hydrogen) atoms. The minimum absolute atomic E-state index is 0.0319. The largest absolute Gasteiger partial charge is 0.398 e. The van der Waals surface area contributed by atoms with Gasteiger partial charge in [0.1, 0.15) is 5.82 Å². The maximum atomic E-state index is 11.3. The summed E-state index contributed by atoms with van der Waals surface area (Å²) in [6, 6.07) is 4.35. The summed E-state index contributed by atoms with van der Waals surface area (Å²) in [5, 5.41) is 5.09. The molecule has 1 aromatic carbocycles. The third kappa shape index (κ3) is 3.44. The Kier molecular flexibility index (Phi) is 4.09. The number of hydrogen-bond acceptors (Lipinski definition) is 7. The number of nitrogen functional groups attached to an aromatic ring is 1. The van der Waals surface area contributed by atoms with Crippen LogP contribution in [0.5, 0.6) is 0 Å². The van der Waals surface area contributed by atoms with Crippen molar-refractivity contribution in [2.75, 3.05) is 5.73 Å². The second-order valence-corrected chi connectivity index (χ2v) is 7.28. The molecule has 0 radical (unpaired) electrons. The highest BCUT2D eigenvalue weighted by atomic mass is 32.2. The zero-order chi connectivity index (χ0) is 14.0. The van der Waals surface area contributed by atoms with Crippen LogP contribution in [0.4, 0.5) is 5.69 Å². The number of anilines is 1. The molecule has 102 valence electrons. The van der Waals surface area contributed by atoms with Gasteiger partial charge < -0.3 is 5.73 Å². The van der Waals surface area contributed by atoms with Crippen molar-refractivity contribution >= 4 is 39.0 Å². The summed E-state index contributed by atoms with van der Waals surface area (Å²) < 4.78 is 27.5. The van der Waals surface area contributed by atoms with E-state index in [1.165, 1.54) is 41.5 Å². The highest BCUT2D eigenvalue weighted by molar-refractivity contribution is 8.01. The number of rotatable bonds is 4. The lowest BCUT2D eigenvalue weighted by atomic mass is 10.3. The van der Waals surface area contributed by atoms with E-state index in [2.05, 4.69) is 9.36 Å². The molecule has 6 nitrogen and oxygen atoms in total. The number of aromatic nitrogens is 2. The quantitative estimate of drug-likeness (QED) is 0.826. The normalized spacial score (nSPS) is 11.7. The first-order chi connectivity index (χ1) is 8.90. The Bertz CT molecular complexity index is 697. The first-order valence-electron chi connectivity index (χ1n) is 5.33. The van der Waals surface area contributed by atoms with Gasteiger partial charge in [0, 0.05) is 17.0 Å². The lowest BCUT2D eigenvalue weighted by Gasteiger charge is -2.05. The molecule has 0 aliphatic rings. The number of benzene rings is 1. The van der Waals surface area contributed by atoms with Gasteiger partial charge in [-0.1, -0.05) is 18.7 Å². The molecule has 0 aliphatic heterocycles. The van der Waals surface area contributed by atoms with E-state index in [-0.39, 0.29) is 4.90 Å². The average molecular weight is 316 g/mol. The summed E-state index contributed by atoms with van der Waals surface area (Å²) in [5.41, 5.74) is 6.30. The summed E-state index contributed by atoms with van der Waals surface area (Å²) in [7, 11) is -3.74. The monoisotopic (exact) mass is 316 g/mol. The molecule has 0 atom stereocenters. The summed E-state index contributed by atoms with van der Waals surface area (Å²) in [5.74, 6) is 0.758. The van der Waals surface area contributed by atoms with Gasteiger partial charge in [-0.3, -0.25) is 0 Å². The SMILES string of the molecule is CCc1nsc(Sc2cc(S(N)(=O)=O)ccc2N)n1. The van der Waals surface area contributed by atoms with Crippen LogP contribution in [0.25, 0.3) is 0 Å². The van der Waals surface area contributed by atoms with E-state index in [1.807, 2.05) is 6.92 Å². The molecule has 0 fully saturated rings. The summed E-state index contributed by atoms with van der Waals surface area (Å²) in [6.45, 7) is 1.96. The molecule has 4 N–H and O–H groups in total. The fourth-order valence-electron chi connectivity index (χ4n) is 1.30. The van der Waals surface area contributed by atoms with Crippen LogP contribution < -0.4 is 10.9 Å². The van der Waals surface area contributed by atoms with E-state index in [0.29, 0.717) is 10.6 Å². The van der Waals surface area contributed by atoms with E-state index in [9.17, 15) is 8.42 Å². The van der Waals surface area contributed by atoms with E-state index < -0.39 is 10.0 Å². The van der Waals surface area contributed by atoms with Crippen molar-refractivity contribution in [3.63, 3.8) is 0 Å². The van der Waals surface area contributed by atoms with Gasteiger partial charge in [-0.25, -0.2) is 18.5 Å². The lowest BCUT2D eigenvalue weighted by molar-refractivity contribution is 0.597. The Hall–Kier alpha value is -1.16. The van der Waals surface area contributed by atoms with Gasteiger partial charge in [0.15, 0.2) is 4.34 Å². The molecule has 2 rings (SSSR count). The molecular weight excluding hydrogens is 304 g/mol. The van der Waals surface area contributed by atoms with E-state index in [0.717, 1.165) is 16.6 Å². The van der Waals surface area contributed by atoms with Crippen molar-refractivity contribution in [2.24, 2.45) is 5.14 Å². The molecule has 0 spiro atoms. The molecular formula is C10H12N4O2S3. The Morgan fingerprint density at radius 3 is 2.74 bits per heavy atom. The van der Waals surface area contributed by atoms with Gasteiger partial charge >= 0.3 is 0 Å².